The Kier molecular flexibility index (Phi) is 2.91. The Bertz CT molecular complexity index is 551. The summed E-state index contributed by atoms with van der Waals surface area (Å²) in [5.74, 6) is 0.900. The first kappa shape index (κ1) is 12.1. The smallest absolute Gasteiger partial charge is 0.260 e. The van der Waals surface area contributed by atoms with Gasteiger partial charge in [-0.1, -0.05) is 0 Å². The van der Waals surface area contributed by atoms with Crippen molar-refractivity contribution >= 4 is 10.0 Å². The highest BCUT2D eigenvalue weighted by atomic mass is 32.2. The number of imidazole rings is 1. The molecule has 1 aromatic heterocycles. The molecule has 1 N–H and O–H groups in total. The number of rotatable bonds is 2. The first-order valence-corrected chi connectivity index (χ1v) is 7.81. The zero-order chi connectivity index (χ0) is 12.8. The topological polar surface area (TPSA) is 67.2 Å². The lowest BCUT2D eigenvalue weighted by atomic mass is 10.3. The van der Waals surface area contributed by atoms with Crippen molar-refractivity contribution in [2.75, 3.05) is 19.6 Å². The van der Waals surface area contributed by atoms with Crippen molar-refractivity contribution in [2.45, 2.75) is 37.4 Å². The summed E-state index contributed by atoms with van der Waals surface area (Å²) in [6.45, 7) is 4.55. The Morgan fingerprint density at radius 1 is 1.44 bits per heavy atom. The number of nitrogens with one attached hydrogen (secondary N) is 1. The summed E-state index contributed by atoms with van der Waals surface area (Å²) >= 11 is 0. The van der Waals surface area contributed by atoms with E-state index in [4.69, 9.17) is 0 Å². The lowest BCUT2D eigenvalue weighted by molar-refractivity contribution is 0.308. The molecule has 3 heterocycles. The predicted molar refractivity (Wildman–Crippen MR) is 66.8 cm³/mol. The van der Waals surface area contributed by atoms with Crippen molar-refractivity contribution in [3.63, 3.8) is 0 Å². The fourth-order valence-corrected chi connectivity index (χ4v) is 4.36. The molecule has 100 valence electrons. The van der Waals surface area contributed by atoms with Gasteiger partial charge < -0.3 is 9.88 Å². The van der Waals surface area contributed by atoms with E-state index in [0.717, 1.165) is 25.2 Å². The van der Waals surface area contributed by atoms with Gasteiger partial charge >= 0.3 is 0 Å². The molecule has 0 amide bonds. The molecule has 0 aliphatic carbocycles. The second-order valence-electron chi connectivity index (χ2n) is 4.99. The van der Waals surface area contributed by atoms with E-state index < -0.39 is 10.0 Å². The van der Waals surface area contributed by atoms with Crippen LogP contribution in [-0.4, -0.2) is 48.0 Å². The minimum atomic E-state index is -3.38. The number of nitrogens with zero attached hydrogens (tertiary/aromatic N) is 3. The maximum absolute atomic E-state index is 12.6. The Morgan fingerprint density at radius 2 is 2.28 bits per heavy atom. The van der Waals surface area contributed by atoms with Crippen molar-refractivity contribution in [3.8, 4) is 0 Å². The molecule has 0 unspecified atom stereocenters. The van der Waals surface area contributed by atoms with Gasteiger partial charge in [0.05, 0.1) is 6.20 Å². The Hall–Kier alpha value is -0.920. The van der Waals surface area contributed by atoms with E-state index in [1.165, 1.54) is 6.20 Å². The van der Waals surface area contributed by atoms with Crippen LogP contribution >= 0.6 is 0 Å². The Labute approximate surface area is 107 Å². The molecule has 18 heavy (non-hydrogen) atoms. The Balaban J connectivity index is 1.94. The summed E-state index contributed by atoms with van der Waals surface area (Å²) in [7, 11) is -3.38. The lowest BCUT2D eigenvalue weighted by Gasteiger charge is -2.30. The predicted octanol–water partition coefficient (Wildman–Crippen LogP) is -0.188. The van der Waals surface area contributed by atoms with Crippen LogP contribution in [0.4, 0.5) is 0 Å². The number of hydrogen-bond acceptors (Lipinski definition) is 4. The number of fused-ring (bicyclic) bond motifs is 1. The van der Waals surface area contributed by atoms with E-state index in [2.05, 4.69) is 10.3 Å². The van der Waals surface area contributed by atoms with E-state index in [1.807, 2.05) is 11.5 Å². The average molecular weight is 270 g/mol. The van der Waals surface area contributed by atoms with Gasteiger partial charge in [0.1, 0.15) is 5.82 Å². The first-order chi connectivity index (χ1) is 8.59. The van der Waals surface area contributed by atoms with Gasteiger partial charge in [-0.05, 0) is 13.3 Å². The van der Waals surface area contributed by atoms with Gasteiger partial charge in [-0.25, -0.2) is 13.4 Å². The summed E-state index contributed by atoms with van der Waals surface area (Å²) in [4.78, 5) is 4.22. The van der Waals surface area contributed by atoms with Crippen molar-refractivity contribution in [3.05, 3.63) is 12.0 Å². The fraction of sp³-hybridized carbons (Fsp3) is 0.727. The molecule has 0 radical (unpaired) electrons. The molecule has 0 saturated carbocycles. The third-order valence-corrected chi connectivity index (χ3v) is 5.49. The van der Waals surface area contributed by atoms with Crippen LogP contribution in [0.1, 0.15) is 19.2 Å². The zero-order valence-corrected chi connectivity index (χ0v) is 11.3. The van der Waals surface area contributed by atoms with E-state index in [1.54, 1.807) is 4.31 Å². The normalized spacial score (nSPS) is 25.3. The highest BCUT2D eigenvalue weighted by Gasteiger charge is 2.32. The van der Waals surface area contributed by atoms with Crippen LogP contribution in [0.3, 0.4) is 0 Å². The molecular weight excluding hydrogens is 252 g/mol. The van der Waals surface area contributed by atoms with E-state index in [-0.39, 0.29) is 6.04 Å². The SMILES string of the molecule is C[C@@H]1CN(S(=O)(=O)c2cnc3n2CCC3)CCN1. The standard InChI is InChI=1S/C11H18N4O2S/c1-9-8-14(6-4-12-9)18(16,17)11-7-13-10-3-2-5-15(10)11/h7,9,12H,2-6,8H2,1H3/t9-/m1/s1. The maximum Gasteiger partial charge on any atom is 0.260 e. The summed E-state index contributed by atoms with van der Waals surface area (Å²) in [6, 6.07) is 0.203. The third-order valence-electron chi connectivity index (χ3n) is 3.62. The molecule has 1 aromatic rings. The number of piperazine rings is 1. The minimum Gasteiger partial charge on any atom is -0.318 e. The number of aryl methyl sites for hydroxylation is 1. The fourth-order valence-electron chi connectivity index (χ4n) is 2.68. The van der Waals surface area contributed by atoms with Gasteiger partial charge in [0.2, 0.25) is 0 Å². The van der Waals surface area contributed by atoms with Gasteiger partial charge in [-0.15, -0.1) is 0 Å². The highest BCUT2D eigenvalue weighted by molar-refractivity contribution is 7.89. The second-order valence-corrected chi connectivity index (χ2v) is 6.87. The monoisotopic (exact) mass is 270 g/mol. The van der Waals surface area contributed by atoms with E-state index >= 15 is 0 Å². The van der Waals surface area contributed by atoms with E-state index in [9.17, 15) is 8.42 Å². The molecule has 1 atom stereocenters. The number of hydrogen-bond donors (Lipinski definition) is 1. The summed E-state index contributed by atoms with van der Waals surface area (Å²) in [6.07, 6.45) is 3.38. The molecule has 2 aliphatic rings. The van der Waals surface area contributed by atoms with Crippen LogP contribution in [-0.2, 0) is 23.0 Å². The first-order valence-electron chi connectivity index (χ1n) is 6.37. The molecular formula is C11H18N4O2S. The summed E-state index contributed by atoms with van der Waals surface area (Å²) < 4.78 is 28.6. The molecule has 1 fully saturated rings. The molecule has 3 rings (SSSR count). The summed E-state index contributed by atoms with van der Waals surface area (Å²) in [5, 5.41) is 3.62. The van der Waals surface area contributed by atoms with Gasteiger partial charge in [0, 0.05) is 38.6 Å². The molecule has 6 nitrogen and oxygen atoms in total. The van der Waals surface area contributed by atoms with Crippen LogP contribution in [0.2, 0.25) is 0 Å². The van der Waals surface area contributed by atoms with E-state index in [0.29, 0.717) is 24.7 Å². The van der Waals surface area contributed by atoms with Crippen LogP contribution in [0.5, 0.6) is 0 Å². The van der Waals surface area contributed by atoms with Crippen molar-refractivity contribution in [1.29, 1.82) is 0 Å². The Morgan fingerprint density at radius 3 is 3.06 bits per heavy atom. The van der Waals surface area contributed by atoms with Crippen molar-refractivity contribution in [2.24, 2.45) is 0 Å². The van der Waals surface area contributed by atoms with Crippen molar-refractivity contribution < 1.29 is 8.42 Å². The lowest BCUT2D eigenvalue weighted by Crippen LogP contribution is -2.51. The highest BCUT2D eigenvalue weighted by Crippen LogP contribution is 2.23. The number of sulfonamides is 1. The van der Waals surface area contributed by atoms with Gasteiger partial charge in [-0.2, -0.15) is 4.31 Å². The van der Waals surface area contributed by atoms with Crippen LogP contribution < -0.4 is 5.32 Å². The maximum atomic E-state index is 12.6. The van der Waals surface area contributed by atoms with Crippen LogP contribution in [0.25, 0.3) is 0 Å². The molecule has 7 heteroatoms. The molecule has 2 aliphatic heterocycles. The van der Waals surface area contributed by atoms with Crippen LogP contribution in [0, 0.1) is 0 Å². The van der Waals surface area contributed by atoms with Gasteiger partial charge in [0.15, 0.2) is 5.03 Å². The van der Waals surface area contributed by atoms with Crippen LogP contribution in [0.15, 0.2) is 11.2 Å². The van der Waals surface area contributed by atoms with Gasteiger partial charge in [-0.3, -0.25) is 0 Å². The number of aromatic nitrogens is 2. The average Bonchev–Trinajstić information content (AvgIpc) is 2.90. The molecule has 0 bridgehead atoms. The van der Waals surface area contributed by atoms with Crippen molar-refractivity contribution in [1.82, 2.24) is 19.2 Å². The second kappa shape index (κ2) is 4.32. The van der Waals surface area contributed by atoms with Gasteiger partial charge in [0.25, 0.3) is 10.0 Å². The molecule has 0 aromatic carbocycles. The third kappa shape index (κ3) is 1.86. The quantitative estimate of drug-likeness (QED) is 0.809. The largest absolute Gasteiger partial charge is 0.318 e. The summed E-state index contributed by atoms with van der Waals surface area (Å²) in [5.41, 5.74) is 0. The molecule has 0 spiro atoms. The minimum absolute atomic E-state index is 0.203. The molecule has 1 saturated heterocycles. The zero-order valence-electron chi connectivity index (χ0n) is 10.5.